The van der Waals surface area contributed by atoms with Gasteiger partial charge in [0.1, 0.15) is 5.75 Å². The number of nitrogens with two attached hydrogens (primary N) is 1. The maximum atomic E-state index is 10.1. The average Bonchev–Trinajstić information content (AvgIpc) is 2.75. The topological polar surface area (TPSA) is 55.5 Å². The first-order valence-corrected chi connectivity index (χ1v) is 12.4. The van der Waals surface area contributed by atoms with Crippen LogP contribution in [0, 0.1) is 13.8 Å². The highest BCUT2D eigenvalue weighted by Gasteiger charge is 2.31. The molecule has 0 aromatic heterocycles. The molecule has 2 rings (SSSR count). The molecule has 0 saturated carbocycles. The third-order valence-corrected chi connectivity index (χ3v) is 6.94. The largest absolute Gasteiger partial charge is 0.493 e. The van der Waals surface area contributed by atoms with E-state index in [1.54, 1.807) is 0 Å². The molecule has 0 amide bonds. The molecule has 3 N–H and O–H groups in total. The van der Waals surface area contributed by atoms with Gasteiger partial charge in [0.25, 0.3) is 0 Å². The first-order valence-electron chi connectivity index (χ1n) is 12.4. The normalized spacial score (nSPS) is 12.2. The van der Waals surface area contributed by atoms with Crippen LogP contribution in [0.4, 0.5) is 0 Å². The van der Waals surface area contributed by atoms with Gasteiger partial charge in [0, 0.05) is 5.41 Å². The number of hydrogen-bond donors (Lipinski definition) is 2. The van der Waals surface area contributed by atoms with Crippen LogP contribution in [0.2, 0.25) is 0 Å². The summed E-state index contributed by atoms with van der Waals surface area (Å²) in [5.74, 6) is 0.987. The molecule has 2 aromatic rings. The molecule has 0 atom stereocenters. The van der Waals surface area contributed by atoms with Gasteiger partial charge in [-0.1, -0.05) is 44.2 Å². The fourth-order valence-corrected chi connectivity index (χ4v) is 4.66. The minimum atomic E-state index is -0.631. The van der Waals surface area contributed by atoms with Crippen molar-refractivity contribution in [3.8, 4) is 5.75 Å². The second-order valence-electron chi connectivity index (χ2n) is 9.92. The second-order valence-corrected chi connectivity index (χ2v) is 9.92. The van der Waals surface area contributed by atoms with Gasteiger partial charge in [0.15, 0.2) is 0 Å². The van der Waals surface area contributed by atoms with Gasteiger partial charge in [-0.25, -0.2) is 0 Å². The Morgan fingerprint density at radius 3 is 2.03 bits per heavy atom. The third-order valence-electron chi connectivity index (χ3n) is 6.94. The van der Waals surface area contributed by atoms with Crippen molar-refractivity contribution in [3.05, 3.63) is 64.2 Å². The van der Waals surface area contributed by atoms with Crippen molar-refractivity contribution in [1.29, 1.82) is 0 Å². The van der Waals surface area contributed by atoms with Crippen LogP contribution in [0.3, 0.4) is 0 Å². The van der Waals surface area contributed by atoms with Gasteiger partial charge in [0.05, 0.1) is 12.2 Å². The highest BCUT2D eigenvalue weighted by atomic mass is 16.5. The van der Waals surface area contributed by atoms with Crippen molar-refractivity contribution in [3.63, 3.8) is 0 Å². The number of ether oxygens (including phenoxy) is 1. The summed E-state index contributed by atoms with van der Waals surface area (Å²) < 4.78 is 6.05. The number of aryl methyl sites for hydroxylation is 3. The van der Waals surface area contributed by atoms with Gasteiger partial charge in [0.2, 0.25) is 0 Å². The van der Waals surface area contributed by atoms with Gasteiger partial charge in [-0.3, -0.25) is 0 Å². The molecule has 0 bridgehead atoms. The summed E-state index contributed by atoms with van der Waals surface area (Å²) in [6.45, 7) is 14.2. The maximum absolute atomic E-state index is 10.1. The van der Waals surface area contributed by atoms with Gasteiger partial charge < -0.3 is 15.6 Å². The predicted molar refractivity (Wildman–Crippen MR) is 137 cm³/mol. The summed E-state index contributed by atoms with van der Waals surface area (Å²) in [5.41, 5.74) is 11.5. The van der Waals surface area contributed by atoms with Gasteiger partial charge in [-0.2, -0.15) is 0 Å². The monoisotopic (exact) mass is 439 g/mol. The molecule has 0 fully saturated rings. The lowest BCUT2D eigenvalue weighted by atomic mass is 9.69. The molecule has 0 aliphatic carbocycles. The van der Waals surface area contributed by atoms with Crippen LogP contribution < -0.4 is 10.5 Å². The molecule has 0 spiro atoms. The Labute approximate surface area is 196 Å². The molecule has 0 heterocycles. The summed E-state index contributed by atoms with van der Waals surface area (Å²) in [5, 5.41) is 10.1. The Morgan fingerprint density at radius 2 is 1.50 bits per heavy atom. The molecule has 0 saturated heterocycles. The summed E-state index contributed by atoms with van der Waals surface area (Å²) in [7, 11) is 0. The zero-order valence-corrected chi connectivity index (χ0v) is 21.3. The standard InChI is InChI=1S/C29H45NO2/c1-7-29(8-2,25-13-12-24(22(3)20-25)16-17-28(5,6)31)26-14-15-27(23(4)21-26)32-19-11-9-10-18-30/h12-15,20-21,31H,7-11,16-19,30H2,1-6H3. The van der Waals surface area contributed by atoms with Gasteiger partial charge >= 0.3 is 0 Å². The summed E-state index contributed by atoms with van der Waals surface area (Å²) in [6, 6.07) is 13.7. The summed E-state index contributed by atoms with van der Waals surface area (Å²) >= 11 is 0. The summed E-state index contributed by atoms with van der Waals surface area (Å²) in [4.78, 5) is 0. The Kier molecular flexibility index (Phi) is 9.79. The van der Waals surface area contributed by atoms with Crippen LogP contribution in [0.1, 0.15) is 94.0 Å². The third kappa shape index (κ3) is 6.83. The molecule has 0 aliphatic rings. The minimum absolute atomic E-state index is 0.00997. The van der Waals surface area contributed by atoms with Crippen LogP contribution in [-0.2, 0) is 11.8 Å². The van der Waals surface area contributed by atoms with E-state index in [0.29, 0.717) is 0 Å². The van der Waals surface area contributed by atoms with Crippen LogP contribution in [0.25, 0.3) is 0 Å². The molecule has 2 aromatic carbocycles. The zero-order chi connectivity index (χ0) is 23.8. The number of unbranched alkanes of at least 4 members (excludes halogenated alkanes) is 2. The fraction of sp³-hybridized carbons (Fsp3) is 0.586. The predicted octanol–water partition coefficient (Wildman–Crippen LogP) is 6.62. The lowest BCUT2D eigenvalue weighted by Crippen LogP contribution is -2.26. The van der Waals surface area contributed by atoms with E-state index in [9.17, 15) is 5.11 Å². The lowest BCUT2D eigenvalue weighted by Gasteiger charge is -2.34. The van der Waals surface area contributed by atoms with E-state index >= 15 is 0 Å². The number of rotatable bonds is 13. The first-order chi connectivity index (χ1) is 15.2. The lowest BCUT2D eigenvalue weighted by molar-refractivity contribution is 0.0713. The molecule has 178 valence electrons. The molecule has 3 heteroatoms. The molecule has 32 heavy (non-hydrogen) atoms. The number of hydrogen-bond acceptors (Lipinski definition) is 3. The van der Waals surface area contributed by atoms with Crippen molar-refractivity contribution in [2.24, 2.45) is 5.73 Å². The Morgan fingerprint density at radius 1 is 0.875 bits per heavy atom. The minimum Gasteiger partial charge on any atom is -0.493 e. The highest BCUT2D eigenvalue weighted by molar-refractivity contribution is 5.47. The van der Waals surface area contributed by atoms with Crippen molar-refractivity contribution in [1.82, 2.24) is 0 Å². The molecular formula is C29H45NO2. The van der Waals surface area contributed by atoms with Crippen molar-refractivity contribution in [2.75, 3.05) is 13.2 Å². The fourth-order valence-electron chi connectivity index (χ4n) is 4.66. The highest BCUT2D eigenvalue weighted by Crippen LogP contribution is 2.41. The Hall–Kier alpha value is -1.84. The SMILES string of the molecule is CCC(CC)(c1ccc(CCC(C)(C)O)c(C)c1)c1ccc(OCCCCCN)c(C)c1. The zero-order valence-electron chi connectivity index (χ0n) is 21.3. The smallest absolute Gasteiger partial charge is 0.122 e. The molecule has 0 aliphatic heterocycles. The van der Waals surface area contributed by atoms with Crippen LogP contribution in [-0.4, -0.2) is 23.9 Å². The van der Waals surface area contributed by atoms with Crippen molar-refractivity contribution < 1.29 is 9.84 Å². The maximum Gasteiger partial charge on any atom is 0.122 e. The van der Waals surface area contributed by atoms with Crippen LogP contribution >= 0.6 is 0 Å². The van der Waals surface area contributed by atoms with Crippen LogP contribution in [0.5, 0.6) is 5.75 Å². The average molecular weight is 440 g/mol. The number of benzene rings is 2. The first kappa shape index (κ1) is 26.4. The van der Waals surface area contributed by atoms with E-state index in [2.05, 4.69) is 64.1 Å². The number of aliphatic hydroxyl groups is 1. The molecule has 0 radical (unpaired) electrons. The van der Waals surface area contributed by atoms with E-state index in [1.165, 1.54) is 27.8 Å². The quantitative estimate of drug-likeness (QED) is 0.345. The van der Waals surface area contributed by atoms with E-state index in [-0.39, 0.29) is 5.41 Å². The van der Waals surface area contributed by atoms with Crippen molar-refractivity contribution in [2.45, 2.75) is 97.5 Å². The van der Waals surface area contributed by atoms with Gasteiger partial charge in [-0.05, 0) is 113 Å². The summed E-state index contributed by atoms with van der Waals surface area (Å²) in [6.07, 6.45) is 6.99. The molecular weight excluding hydrogens is 394 g/mol. The van der Waals surface area contributed by atoms with Crippen molar-refractivity contribution >= 4 is 0 Å². The molecule has 0 unspecified atom stereocenters. The van der Waals surface area contributed by atoms with E-state index in [0.717, 1.165) is 63.8 Å². The van der Waals surface area contributed by atoms with E-state index < -0.39 is 5.60 Å². The van der Waals surface area contributed by atoms with Crippen LogP contribution in [0.15, 0.2) is 36.4 Å². The Balaban J connectivity index is 2.26. The van der Waals surface area contributed by atoms with Gasteiger partial charge in [-0.15, -0.1) is 0 Å². The Bertz CT molecular complexity index is 847. The molecule has 3 nitrogen and oxygen atoms in total. The van der Waals surface area contributed by atoms with E-state index in [1.807, 2.05) is 13.8 Å². The second kappa shape index (κ2) is 11.9. The van der Waals surface area contributed by atoms with E-state index in [4.69, 9.17) is 10.5 Å².